The molecule has 1 saturated carbocycles. The van der Waals surface area contributed by atoms with E-state index in [9.17, 15) is 39.0 Å². The maximum absolute atomic E-state index is 14.6. The number of hydrogen-bond donors (Lipinski definition) is 2. The van der Waals surface area contributed by atoms with Gasteiger partial charge in [-0.05, 0) is 19.1 Å². The van der Waals surface area contributed by atoms with Crippen LogP contribution in [0, 0.1) is 23.2 Å². The van der Waals surface area contributed by atoms with Crippen molar-refractivity contribution in [2.45, 2.75) is 110 Å². The molecule has 0 radical (unpaired) electrons. The maximum Gasteiger partial charge on any atom is 0.308 e. The van der Waals surface area contributed by atoms with Gasteiger partial charge in [-0.2, -0.15) is 0 Å². The van der Waals surface area contributed by atoms with Crippen LogP contribution in [0.4, 0.5) is 0 Å². The average Bonchev–Trinajstić information content (AvgIpc) is 3.01. The fraction of sp³-hybridized carbons (Fsp3) is 0.568. The van der Waals surface area contributed by atoms with E-state index in [1.165, 1.54) is 39.8 Å². The second-order valence-corrected chi connectivity index (χ2v) is 14.2. The molecule has 9 atom stereocenters. The third-order valence-electron chi connectivity index (χ3n) is 8.89. The summed E-state index contributed by atoms with van der Waals surface area (Å²) >= 11 is 0. The van der Waals surface area contributed by atoms with Crippen LogP contribution in [-0.4, -0.2) is 87.4 Å². The zero-order valence-corrected chi connectivity index (χ0v) is 30.0. The van der Waals surface area contributed by atoms with Gasteiger partial charge in [0.15, 0.2) is 35.5 Å². The number of esters is 4. The van der Waals surface area contributed by atoms with E-state index in [2.05, 4.69) is 6.58 Å². The number of Topliss-reactive ketones (excluding diaryl/α,β-unsaturated/α-hetero) is 2. The highest BCUT2D eigenvalue weighted by atomic mass is 16.6. The fourth-order valence-electron chi connectivity index (χ4n) is 6.44. The molecule has 2 aliphatic rings. The molecule has 0 amide bonds. The molecule has 3 rings (SSSR count). The first-order valence-electron chi connectivity index (χ1n) is 16.4. The summed E-state index contributed by atoms with van der Waals surface area (Å²) in [6.45, 7) is 16.4. The number of rotatable bonds is 7. The first kappa shape index (κ1) is 40.1. The summed E-state index contributed by atoms with van der Waals surface area (Å²) in [5.41, 5.74) is -6.62. The third kappa shape index (κ3) is 8.67. The van der Waals surface area contributed by atoms with Crippen LogP contribution in [0.1, 0.15) is 68.7 Å². The maximum atomic E-state index is 14.6. The minimum Gasteiger partial charge on any atom is -0.482 e. The largest absolute Gasteiger partial charge is 0.482 e. The van der Waals surface area contributed by atoms with Gasteiger partial charge >= 0.3 is 23.9 Å². The molecule has 2 N–H and O–H groups in total. The Labute approximate surface area is 291 Å². The van der Waals surface area contributed by atoms with Crippen molar-refractivity contribution in [2.75, 3.05) is 0 Å². The molecule has 0 heterocycles. The summed E-state index contributed by atoms with van der Waals surface area (Å²) in [4.78, 5) is 80.0. The van der Waals surface area contributed by atoms with Crippen molar-refractivity contribution in [3.63, 3.8) is 0 Å². The van der Waals surface area contributed by atoms with Gasteiger partial charge in [-0.1, -0.05) is 71.5 Å². The predicted molar refractivity (Wildman–Crippen MR) is 177 cm³/mol. The van der Waals surface area contributed by atoms with Crippen molar-refractivity contribution < 1.29 is 62.7 Å². The quantitative estimate of drug-likeness (QED) is 0.183. The normalized spacial score (nSPS) is 32.9. The first-order valence-corrected chi connectivity index (χ1v) is 16.4. The van der Waals surface area contributed by atoms with Crippen LogP contribution in [0.5, 0.6) is 5.75 Å². The van der Waals surface area contributed by atoms with E-state index in [0.717, 1.165) is 20.8 Å². The fourth-order valence-corrected chi connectivity index (χ4v) is 6.44. The van der Waals surface area contributed by atoms with E-state index < -0.39 is 107 Å². The molecule has 13 heteroatoms. The van der Waals surface area contributed by atoms with Gasteiger partial charge in [0.2, 0.25) is 0 Å². The molecule has 50 heavy (non-hydrogen) atoms. The van der Waals surface area contributed by atoms with E-state index in [0.29, 0.717) is 0 Å². The molecule has 2 bridgehead atoms. The number of fused-ring (bicyclic) bond motifs is 2. The Morgan fingerprint density at radius 1 is 0.820 bits per heavy atom. The topological polar surface area (TPSA) is 189 Å². The van der Waals surface area contributed by atoms with Gasteiger partial charge in [0, 0.05) is 44.1 Å². The highest BCUT2D eigenvalue weighted by Gasteiger charge is 2.65. The highest BCUT2D eigenvalue weighted by molar-refractivity contribution is 6.13. The molecule has 0 saturated heterocycles. The summed E-state index contributed by atoms with van der Waals surface area (Å²) in [5, 5.41) is 23.8. The molecule has 1 aromatic carbocycles. The second-order valence-electron chi connectivity index (χ2n) is 14.2. The number of ketones is 2. The standard InChI is InChI=1S/C37H48O13/c1-19(2)34(43)50-27-21(4)28(49-25-14-12-11-13-15-25)29(46-22(5)38)33(48-24(7)40)35(8,9)17-16-20(3)30(41)37(45)18-36(10,44)32(47-23(6)39)26(27)31(37)42/h11-17,19-20,26-29,32-33,44-45H,4,18H2,1-3,5-10H3/t20-,26+,27-,28-,29+,32+,33+,36+,37+/m0/s1. The smallest absolute Gasteiger partial charge is 0.308 e. The van der Waals surface area contributed by atoms with Crippen molar-refractivity contribution >= 4 is 35.4 Å². The first-order chi connectivity index (χ1) is 23.0. The number of carbonyl (C=O) groups excluding carboxylic acids is 6. The summed E-state index contributed by atoms with van der Waals surface area (Å²) < 4.78 is 29.5. The number of allylic oxidation sites excluding steroid dienone is 1. The molecule has 1 aromatic rings. The monoisotopic (exact) mass is 700 g/mol. The van der Waals surface area contributed by atoms with Gasteiger partial charge in [0.25, 0.3) is 0 Å². The Bertz CT molecular complexity index is 1520. The number of aliphatic hydroxyl groups is 2. The van der Waals surface area contributed by atoms with Crippen LogP contribution in [-0.2, 0) is 47.7 Å². The van der Waals surface area contributed by atoms with E-state index in [1.54, 1.807) is 44.2 Å². The molecular formula is C37H48O13. The molecule has 0 aliphatic heterocycles. The van der Waals surface area contributed by atoms with Crippen LogP contribution >= 0.6 is 0 Å². The van der Waals surface area contributed by atoms with Gasteiger partial charge < -0.3 is 33.9 Å². The van der Waals surface area contributed by atoms with Crippen molar-refractivity contribution in [2.24, 2.45) is 23.2 Å². The number of carbonyl (C=O) groups is 6. The van der Waals surface area contributed by atoms with Crippen molar-refractivity contribution in [3.8, 4) is 5.75 Å². The Hall–Kier alpha value is -4.36. The molecule has 13 nitrogen and oxygen atoms in total. The number of para-hydroxylation sites is 1. The predicted octanol–water partition coefficient (Wildman–Crippen LogP) is 3.23. The van der Waals surface area contributed by atoms with Crippen molar-refractivity contribution in [3.05, 3.63) is 54.6 Å². The van der Waals surface area contributed by atoms with Gasteiger partial charge in [-0.25, -0.2) is 0 Å². The van der Waals surface area contributed by atoms with Crippen LogP contribution in [0.3, 0.4) is 0 Å². The summed E-state index contributed by atoms with van der Waals surface area (Å²) in [6.07, 6.45) is -6.12. The molecule has 0 spiro atoms. The number of ether oxygens (including phenoxy) is 5. The Balaban J connectivity index is 2.53. The number of hydrogen-bond acceptors (Lipinski definition) is 13. The van der Waals surface area contributed by atoms with E-state index in [-0.39, 0.29) is 11.3 Å². The average molecular weight is 701 g/mol. The molecular weight excluding hydrogens is 652 g/mol. The lowest BCUT2D eigenvalue weighted by molar-refractivity contribution is -0.212. The van der Waals surface area contributed by atoms with E-state index in [4.69, 9.17) is 23.7 Å². The van der Waals surface area contributed by atoms with E-state index in [1.807, 2.05) is 0 Å². The Kier molecular flexibility index (Phi) is 12.2. The summed E-state index contributed by atoms with van der Waals surface area (Å²) in [7, 11) is 0. The Morgan fingerprint density at radius 2 is 1.36 bits per heavy atom. The molecule has 0 aromatic heterocycles. The number of benzene rings is 1. The lowest BCUT2D eigenvalue weighted by Crippen LogP contribution is -2.69. The lowest BCUT2D eigenvalue weighted by Gasteiger charge is -2.49. The molecule has 1 fully saturated rings. The lowest BCUT2D eigenvalue weighted by atomic mass is 9.62. The zero-order valence-electron chi connectivity index (χ0n) is 30.0. The minimum atomic E-state index is -2.87. The van der Waals surface area contributed by atoms with Crippen LogP contribution in [0.25, 0.3) is 0 Å². The zero-order chi connectivity index (χ0) is 37.9. The van der Waals surface area contributed by atoms with Gasteiger partial charge in [-0.15, -0.1) is 0 Å². The van der Waals surface area contributed by atoms with Gasteiger partial charge in [0.1, 0.15) is 29.5 Å². The van der Waals surface area contributed by atoms with Gasteiger partial charge in [0.05, 0.1) is 5.92 Å². The summed E-state index contributed by atoms with van der Waals surface area (Å²) in [6, 6.07) is 8.15. The molecule has 274 valence electrons. The summed E-state index contributed by atoms with van der Waals surface area (Å²) in [5.74, 6) is -9.31. The molecule has 0 unspecified atom stereocenters. The highest BCUT2D eigenvalue weighted by Crippen LogP contribution is 2.45. The third-order valence-corrected chi connectivity index (χ3v) is 8.89. The van der Waals surface area contributed by atoms with Crippen LogP contribution in [0.15, 0.2) is 54.6 Å². The van der Waals surface area contributed by atoms with E-state index >= 15 is 0 Å². The second kappa shape index (κ2) is 15.3. The van der Waals surface area contributed by atoms with Crippen LogP contribution in [0.2, 0.25) is 0 Å². The Morgan fingerprint density at radius 3 is 1.88 bits per heavy atom. The van der Waals surface area contributed by atoms with Crippen molar-refractivity contribution in [1.29, 1.82) is 0 Å². The van der Waals surface area contributed by atoms with Crippen molar-refractivity contribution in [1.82, 2.24) is 0 Å². The van der Waals surface area contributed by atoms with Crippen LogP contribution < -0.4 is 4.74 Å². The minimum absolute atomic E-state index is 0.197. The van der Waals surface area contributed by atoms with Gasteiger partial charge in [-0.3, -0.25) is 28.8 Å². The molecule has 2 aliphatic carbocycles. The SMILES string of the molecule is C=C1[C@H](Oc2ccccc2)[C@@H](OC(C)=O)[C@@H](OC(C)=O)C(C)(C)C=C[C@H](C)C(=O)[C@]2(O)C[C@@](C)(O)[C@H](OC(C)=O)[C@@H](C2=O)[C@H]1OC(=O)C(C)C.